The highest BCUT2D eigenvalue weighted by Crippen LogP contribution is 2.23. The van der Waals surface area contributed by atoms with E-state index < -0.39 is 0 Å². The second-order valence-corrected chi connectivity index (χ2v) is 5.32. The summed E-state index contributed by atoms with van der Waals surface area (Å²) in [5.41, 5.74) is 10.5. The maximum atomic E-state index is 6.05. The molecule has 0 heterocycles. The van der Waals surface area contributed by atoms with Crippen LogP contribution in [-0.2, 0) is 13.1 Å². The summed E-state index contributed by atoms with van der Waals surface area (Å²) in [6, 6.07) is 14.4. The molecule has 2 aromatic rings. The summed E-state index contributed by atoms with van der Waals surface area (Å²) in [4.78, 5) is 2.36. The van der Waals surface area contributed by atoms with Crippen molar-refractivity contribution < 1.29 is 4.74 Å². The van der Waals surface area contributed by atoms with Gasteiger partial charge >= 0.3 is 0 Å². The van der Waals surface area contributed by atoms with Gasteiger partial charge in [-0.25, -0.2) is 0 Å². The van der Waals surface area contributed by atoms with E-state index in [2.05, 4.69) is 36.9 Å². The summed E-state index contributed by atoms with van der Waals surface area (Å²) >= 11 is 0. The van der Waals surface area contributed by atoms with Crippen molar-refractivity contribution in [3.63, 3.8) is 0 Å². The van der Waals surface area contributed by atoms with E-state index in [9.17, 15) is 0 Å². The lowest BCUT2D eigenvalue weighted by Crippen LogP contribution is -2.23. The maximum Gasteiger partial charge on any atom is 0.123 e. The number of nitrogens with zero attached hydrogens (tertiary/aromatic N) is 1. The fourth-order valence-corrected chi connectivity index (χ4v) is 2.47. The highest BCUT2D eigenvalue weighted by atomic mass is 16.5. The molecule has 3 heteroatoms. The van der Waals surface area contributed by atoms with Crippen LogP contribution in [-0.4, -0.2) is 18.6 Å². The van der Waals surface area contributed by atoms with Crippen molar-refractivity contribution in [2.24, 2.45) is 0 Å². The van der Waals surface area contributed by atoms with Crippen LogP contribution in [0.15, 0.2) is 42.5 Å². The number of anilines is 1. The third-order valence-corrected chi connectivity index (χ3v) is 3.73. The van der Waals surface area contributed by atoms with Crippen LogP contribution in [0, 0.1) is 6.92 Å². The van der Waals surface area contributed by atoms with Crippen LogP contribution in [0.3, 0.4) is 0 Å². The Labute approximate surface area is 127 Å². The molecular formula is C18H24N2O. The smallest absolute Gasteiger partial charge is 0.123 e. The zero-order valence-corrected chi connectivity index (χ0v) is 13.1. The molecule has 112 valence electrons. The molecule has 0 spiro atoms. The van der Waals surface area contributed by atoms with Crippen molar-refractivity contribution in [1.29, 1.82) is 0 Å². The Morgan fingerprint density at radius 1 is 1.05 bits per heavy atom. The lowest BCUT2D eigenvalue weighted by molar-refractivity contribution is 0.266. The van der Waals surface area contributed by atoms with Gasteiger partial charge in [-0.2, -0.15) is 0 Å². The third kappa shape index (κ3) is 3.99. The van der Waals surface area contributed by atoms with Crippen molar-refractivity contribution in [2.45, 2.75) is 26.9 Å². The van der Waals surface area contributed by atoms with Gasteiger partial charge in [-0.1, -0.05) is 42.8 Å². The van der Waals surface area contributed by atoms with Gasteiger partial charge in [0, 0.05) is 24.3 Å². The first-order valence-electron chi connectivity index (χ1n) is 7.33. The second kappa shape index (κ2) is 7.14. The summed E-state index contributed by atoms with van der Waals surface area (Å²) in [6.07, 6.45) is 0. The van der Waals surface area contributed by atoms with Gasteiger partial charge in [0.1, 0.15) is 5.75 Å². The number of nitrogen functional groups attached to an aromatic ring is 1. The van der Waals surface area contributed by atoms with Gasteiger partial charge in [0.15, 0.2) is 0 Å². The molecule has 0 saturated heterocycles. The van der Waals surface area contributed by atoms with Gasteiger partial charge in [0.25, 0.3) is 0 Å². The van der Waals surface area contributed by atoms with Crippen LogP contribution in [0.2, 0.25) is 0 Å². The highest BCUT2D eigenvalue weighted by Gasteiger charge is 2.10. The molecule has 2 N–H and O–H groups in total. The number of nitrogens with two attached hydrogens (primary N) is 1. The molecule has 0 bridgehead atoms. The van der Waals surface area contributed by atoms with E-state index in [1.165, 1.54) is 16.7 Å². The largest absolute Gasteiger partial charge is 0.496 e. The highest BCUT2D eigenvalue weighted by molar-refractivity contribution is 5.46. The van der Waals surface area contributed by atoms with E-state index in [1.54, 1.807) is 7.11 Å². The number of para-hydroxylation sites is 1. The van der Waals surface area contributed by atoms with E-state index in [4.69, 9.17) is 10.5 Å². The van der Waals surface area contributed by atoms with Gasteiger partial charge in [-0.15, -0.1) is 0 Å². The SMILES string of the molecule is CCN(Cc1ccccc1N)Cc1cc(C)ccc1OC. The van der Waals surface area contributed by atoms with Crippen molar-refractivity contribution in [2.75, 3.05) is 19.4 Å². The van der Waals surface area contributed by atoms with E-state index >= 15 is 0 Å². The van der Waals surface area contributed by atoms with Crippen LogP contribution >= 0.6 is 0 Å². The molecule has 0 amide bonds. The Morgan fingerprint density at radius 3 is 2.43 bits per heavy atom. The monoisotopic (exact) mass is 284 g/mol. The third-order valence-electron chi connectivity index (χ3n) is 3.73. The lowest BCUT2D eigenvalue weighted by Gasteiger charge is -2.22. The fraction of sp³-hybridized carbons (Fsp3) is 0.333. The first-order chi connectivity index (χ1) is 10.1. The van der Waals surface area contributed by atoms with Crippen molar-refractivity contribution in [3.8, 4) is 5.75 Å². The van der Waals surface area contributed by atoms with Crippen LogP contribution in [0.1, 0.15) is 23.6 Å². The number of hydrogen-bond donors (Lipinski definition) is 1. The topological polar surface area (TPSA) is 38.5 Å². The minimum absolute atomic E-state index is 0.847. The molecule has 2 aromatic carbocycles. The maximum absolute atomic E-state index is 6.05. The van der Waals surface area contributed by atoms with Crippen LogP contribution < -0.4 is 10.5 Å². The predicted molar refractivity (Wildman–Crippen MR) is 88.4 cm³/mol. The molecule has 0 aliphatic rings. The number of hydrogen-bond acceptors (Lipinski definition) is 3. The molecule has 0 radical (unpaired) electrons. The van der Waals surface area contributed by atoms with E-state index in [0.29, 0.717) is 0 Å². The normalized spacial score (nSPS) is 10.9. The van der Waals surface area contributed by atoms with Crippen molar-refractivity contribution in [3.05, 3.63) is 59.2 Å². The molecule has 0 fully saturated rings. The Bertz CT molecular complexity index is 596. The Balaban J connectivity index is 2.16. The summed E-state index contributed by atoms with van der Waals surface area (Å²) in [6.45, 7) is 6.94. The average molecular weight is 284 g/mol. The zero-order chi connectivity index (χ0) is 15.2. The van der Waals surface area contributed by atoms with Crippen LogP contribution in [0.25, 0.3) is 0 Å². The Morgan fingerprint density at radius 2 is 1.76 bits per heavy atom. The standard InChI is InChI=1S/C18H24N2O/c1-4-20(12-15-7-5-6-8-17(15)19)13-16-11-14(2)9-10-18(16)21-3/h5-11H,4,12-13,19H2,1-3H3. The number of methoxy groups -OCH3 is 1. The Kier molecular flexibility index (Phi) is 5.23. The van der Waals surface area contributed by atoms with Crippen LogP contribution in [0.5, 0.6) is 5.75 Å². The number of benzene rings is 2. The average Bonchev–Trinajstić information content (AvgIpc) is 2.49. The molecule has 0 unspecified atom stereocenters. The van der Waals surface area contributed by atoms with Gasteiger partial charge < -0.3 is 10.5 Å². The molecule has 0 aliphatic carbocycles. The molecule has 0 aliphatic heterocycles. The fourth-order valence-electron chi connectivity index (χ4n) is 2.47. The summed E-state index contributed by atoms with van der Waals surface area (Å²) < 4.78 is 5.47. The van der Waals surface area contributed by atoms with Gasteiger partial charge in [-0.05, 0) is 31.2 Å². The minimum atomic E-state index is 0.847. The summed E-state index contributed by atoms with van der Waals surface area (Å²) in [5, 5.41) is 0. The predicted octanol–water partition coefficient (Wildman–Crippen LogP) is 3.61. The first kappa shape index (κ1) is 15.4. The summed E-state index contributed by atoms with van der Waals surface area (Å²) in [7, 11) is 1.72. The quantitative estimate of drug-likeness (QED) is 0.824. The first-order valence-corrected chi connectivity index (χ1v) is 7.33. The van der Waals surface area contributed by atoms with E-state index in [-0.39, 0.29) is 0 Å². The van der Waals surface area contributed by atoms with Gasteiger partial charge in [0.2, 0.25) is 0 Å². The van der Waals surface area contributed by atoms with E-state index in [1.807, 2.05) is 24.3 Å². The summed E-state index contributed by atoms with van der Waals surface area (Å²) in [5.74, 6) is 0.945. The molecule has 3 nitrogen and oxygen atoms in total. The molecule has 0 aromatic heterocycles. The number of rotatable bonds is 6. The molecule has 21 heavy (non-hydrogen) atoms. The molecule has 0 saturated carbocycles. The zero-order valence-electron chi connectivity index (χ0n) is 13.1. The minimum Gasteiger partial charge on any atom is -0.496 e. The lowest BCUT2D eigenvalue weighted by atomic mass is 10.1. The van der Waals surface area contributed by atoms with Gasteiger partial charge in [0.05, 0.1) is 7.11 Å². The number of ether oxygens (including phenoxy) is 1. The van der Waals surface area contributed by atoms with Crippen molar-refractivity contribution in [1.82, 2.24) is 4.90 Å². The Hall–Kier alpha value is -2.00. The molecule has 0 atom stereocenters. The molecular weight excluding hydrogens is 260 g/mol. The number of aryl methyl sites for hydroxylation is 1. The van der Waals surface area contributed by atoms with E-state index in [0.717, 1.165) is 31.1 Å². The van der Waals surface area contributed by atoms with Crippen LogP contribution in [0.4, 0.5) is 5.69 Å². The second-order valence-electron chi connectivity index (χ2n) is 5.32. The van der Waals surface area contributed by atoms with Crippen molar-refractivity contribution >= 4 is 5.69 Å². The van der Waals surface area contributed by atoms with Gasteiger partial charge in [-0.3, -0.25) is 4.90 Å². The molecule has 2 rings (SSSR count).